The van der Waals surface area contributed by atoms with Crippen LogP contribution in [0.3, 0.4) is 0 Å². The van der Waals surface area contributed by atoms with E-state index in [1.807, 2.05) is 6.92 Å². The van der Waals surface area contributed by atoms with Gasteiger partial charge in [-0.3, -0.25) is 14.9 Å². The number of carbonyl (C=O) groups excluding carboxylic acids is 1. The number of anilines is 3. The van der Waals surface area contributed by atoms with E-state index in [2.05, 4.69) is 15.3 Å². The Kier molecular flexibility index (Phi) is 3.38. The second-order valence-corrected chi connectivity index (χ2v) is 4.91. The second kappa shape index (κ2) is 5.23. The molecule has 1 N–H and O–H groups in total. The normalized spacial score (nSPS) is 13.0. The molecule has 9 heteroatoms. The molecule has 0 aliphatic carbocycles. The predicted molar refractivity (Wildman–Crippen MR) is 80.8 cm³/mol. The summed E-state index contributed by atoms with van der Waals surface area (Å²) in [6.07, 6.45) is 1.12. The van der Waals surface area contributed by atoms with E-state index >= 15 is 0 Å². The van der Waals surface area contributed by atoms with E-state index in [1.54, 1.807) is 17.0 Å². The number of pyridine rings is 2. The number of nitro groups is 1. The molecule has 0 aromatic carbocycles. The lowest BCUT2D eigenvalue weighted by molar-refractivity contribution is -0.385. The summed E-state index contributed by atoms with van der Waals surface area (Å²) in [7, 11) is 0. The van der Waals surface area contributed by atoms with Crippen LogP contribution in [0.1, 0.15) is 17.3 Å². The van der Waals surface area contributed by atoms with Gasteiger partial charge in [0.15, 0.2) is 5.82 Å². The summed E-state index contributed by atoms with van der Waals surface area (Å²) < 4.78 is 0. The smallest absolute Gasteiger partial charge is 0.288 e. The number of nitrogens with zero attached hydrogens (tertiary/aromatic N) is 4. The lowest BCUT2D eigenvalue weighted by Crippen LogP contribution is -2.20. The van der Waals surface area contributed by atoms with Crippen molar-refractivity contribution in [2.24, 2.45) is 0 Å². The fourth-order valence-electron chi connectivity index (χ4n) is 2.25. The van der Waals surface area contributed by atoms with E-state index in [0.29, 0.717) is 23.9 Å². The monoisotopic (exact) mass is 319 g/mol. The topological polar surface area (TPSA) is 101 Å². The quantitative estimate of drug-likeness (QED) is 0.519. The molecule has 2 aromatic heterocycles. The Labute approximate surface area is 129 Å². The third-order valence-electron chi connectivity index (χ3n) is 3.22. The van der Waals surface area contributed by atoms with Crippen molar-refractivity contribution >= 4 is 40.5 Å². The van der Waals surface area contributed by atoms with Gasteiger partial charge in [0.25, 0.3) is 11.6 Å². The maximum atomic E-state index is 12.3. The van der Waals surface area contributed by atoms with Crippen molar-refractivity contribution < 1.29 is 9.72 Å². The minimum atomic E-state index is -0.593. The number of aromatic nitrogens is 2. The molecule has 3 rings (SSSR count). The molecule has 1 aliphatic heterocycles. The van der Waals surface area contributed by atoms with Crippen LogP contribution < -0.4 is 10.2 Å². The van der Waals surface area contributed by atoms with Crippen LogP contribution in [0, 0.1) is 10.1 Å². The largest absolute Gasteiger partial charge is 0.319 e. The highest BCUT2D eigenvalue weighted by molar-refractivity contribution is 6.29. The van der Waals surface area contributed by atoms with Crippen LogP contribution in [-0.2, 0) is 0 Å². The Bertz CT molecular complexity index is 795. The molecule has 0 saturated carbocycles. The van der Waals surface area contributed by atoms with Gasteiger partial charge in [-0.1, -0.05) is 11.6 Å². The van der Waals surface area contributed by atoms with Crippen LogP contribution in [0.4, 0.5) is 23.0 Å². The second-order valence-electron chi connectivity index (χ2n) is 4.53. The van der Waals surface area contributed by atoms with Crippen molar-refractivity contribution in [1.82, 2.24) is 9.97 Å². The highest BCUT2D eigenvalue weighted by Crippen LogP contribution is 2.36. The van der Waals surface area contributed by atoms with Crippen molar-refractivity contribution in [2.45, 2.75) is 6.92 Å². The average Bonchev–Trinajstić information content (AvgIpc) is 2.61. The maximum absolute atomic E-state index is 12.3. The fraction of sp³-hybridized carbons (Fsp3) is 0.154. The third kappa shape index (κ3) is 2.23. The highest BCUT2D eigenvalue weighted by Gasteiger charge is 2.28. The zero-order valence-corrected chi connectivity index (χ0v) is 12.2. The van der Waals surface area contributed by atoms with Gasteiger partial charge in [-0.15, -0.1) is 0 Å². The van der Waals surface area contributed by atoms with E-state index in [1.165, 1.54) is 6.07 Å². The van der Waals surface area contributed by atoms with Gasteiger partial charge < -0.3 is 10.2 Å². The van der Waals surface area contributed by atoms with Gasteiger partial charge in [0, 0.05) is 12.6 Å². The van der Waals surface area contributed by atoms with Gasteiger partial charge >= 0.3 is 0 Å². The Morgan fingerprint density at radius 2 is 2.18 bits per heavy atom. The molecule has 0 radical (unpaired) electrons. The summed E-state index contributed by atoms with van der Waals surface area (Å²) >= 11 is 5.92. The molecular weight excluding hydrogens is 310 g/mol. The first-order valence-corrected chi connectivity index (χ1v) is 6.79. The van der Waals surface area contributed by atoms with Crippen LogP contribution >= 0.6 is 11.6 Å². The molecule has 0 bridgehead atoms. The van der Waals surface area contributed by atoms with Crippen molar-refractivity contribution in [3.8, 4) is 0 Å². The molecule has 1 amide bonds. The molecule has 0 atom stereocenters. The van der Waals surface area contributed by atoms with E-state index in [4.69, 9.17) is 11.6 Å². The first kappa shape index (κ1) is 14.2. The molecule has 2 aromatic rings. The molecule has 0 unspecified atom stereocenters. The van der Waals surface area contributed by atoms with Gasteiger partial charge in [0.2, 0.25) is 0 Å². The number of rotatable bonds is 2. The summed E-state index contributed by atoms with van der Waals surface area (Å²) in [5.41, 5.74) is 0.337. The predicted octanol–water partition coefficient (Wildman–Crippen LogP) is 2.76. The van der Waals surface area contributed by atoms with E-state index < -0.39 is 10.8 Å². The summed E-state index contributed by atoms with van der Waals surface area (Å²) in [5.74, 6) is 0.273. The zero-order chi connectivity index (χ0) is 15.9. The number of amides is 1. The summed E-state index contributed by atoms with van der Waals surface area (Å²) in [6, 6.07) is 4.39. The van der Waals surface area contributed by atoms with Crippen LogP contribution in [0.15, 0.2) is 24.4 Å². The summed E-state index contributed by atoms with van der Waals surface area (Å²) in [4.78, 5) is 32.6. The van der Waals surface area contributed by atoms with Crippen LogP contribution in [0.25, 0.3) is 0 Å². The molecule has 112 valence electrons. The van der Waals surface area contributed by atoms with Crippen molar-refractivity contribution in [3.05, 3.63) is 45.2 Å². The first-order valence-electron chi connectivity index (χ1n) is 6.41. The Balaban J connectivity index is 2.24. The maximum Gasteiger partial charge on any atom is 0.288 e. The lowest BCUT2D eigenvalue weighted by atomic mass is 10.2. The summed E-state index contributed by atoms with van der Waals surface area (Å²) in [6.45, 7) is 2.32. The molecule has 0 spiro atoms. The number of carbonyl (C=O) groups is 1. The van der Waals surface area contributed by atoms with Crippen molar-refractivity contribution in [3.63, 3.8) is 0 Å². The average molecular weight is 320 g/mol. The Morgan fingerprint density at radius 3 is 2.86 bits per heavy atom. The number of hydrogen-bond donors (Lipinski definition) is 1. The van der Waals surface area contributed by atoms with Gasteiger partial charge in [0.1, 0.15) is 17.2 Å². The molecule has 0 saturated heterocycles. The molecular formula is C13H10ClN5O3. The van der Waals surface area contributed by atoms with Crippen molar-refractivity contribution in [2.75, 3.05) is 16.8 Å². The number of halogens is 1. The van der Waals surface area contributed by atoms with E-state index in [9.17, 15) is 14.9 Å². The minimum Gasteiger partial charge on any atom is -0.319 e. The third-order valence-corrected chi connectivity index (χ3v) is 3.44. The molecule has 8 nitrogen and oxygen atoms in total. The summed E-state index contributed by atoms with van der Waals surface area (Å²) in [5, 5.41) is 13.8. The highest BCUT2D eigenvalue weighted by atomic mass is 35.5. The standard InChI is InChI=1S/C13H10ClN5O3/c1-2-18-11-8(5-7(6-15-11)19(21)22)13(20)16-9-3-4-10(14)17-12(9)18/h3-6H,2H2,1H3,(H,16,20). The van der Waals surface area contributed by atoms with Crippen LogP contribution in [-0.4, -0.2) is 27.3 Å². The van der Waals surface area contributed by atoms with Gasteiger partial charge in [-0.05, 0) is 19.1 Å². The van der Waals surface area contributed by atoms with Crippen molar-refractivity contribution in [1.29, 1.82) is 0 Å². The number of hydrogen-bond acceptors (Lipinski definition) is 6. The van der Waals surface area contributed by atoms with Crippen LogP contribution in [0.5, 0.6) is 0 Å². The molecule has 1 aliphatic rings. The Hall–Kier alpha value is -2.74. The minimum absolute atomic E-state index is 0.116. The van der Waals surface area contributed by atoms with Gasteiger partial charge in [-0.2, -0.15) is 0 Å². The Morgan fingerprint density at radius 1 is 1.41 bits per heavy atom. The molecule has 3 heterocycles. The van der Waals surface area contributed by atoms with Crippen LogP contribution in [0.2, 0.25) is 5.15 Å². The number of nitrogens with one attached hydrogen (secondary N) is 1. The van der Waals surface area contributed by atoms with Gasteiger partial charge in [-0.25, -0.2) is 9.97 Å². The molecule has 22 heavy (non-hydrogen) atoms. The fourth-order valence-corrected chi connectivity index (χ4v) is 2.39. The zero-order valence-electron chi connectivity index (χ0n) is 11.4. The lowest BCUT2D eigenvalue weighted by Gasteiger charge is -2.21. The molecule has 0 fully saturated rings. The van der Waals surface area contributed by atoms with E-state index in [0.717, 1.165) is 6.20 Å². The first-order chi connectivity index (χ1) is 10.5. The number of fused-ring (bicyclic) bond motifs is 2. The SMILES string of the molecule is CCN1c2nc(Cl)ccc2NC(=O)c2cc([N+](=O)[O-])cnc21. The van der Waals surface area contributed by atoms with Gasteiger partial charge in [0.05, 0.1) is 16.2 Å². The van der Waals surface area contributed by atoms with E-state index in [-0.39, 0.29) is 16.4 Å².